The highest BCUT2D eigenvalue weighted by Crippen LogP contribution is 2.35. The predicted octanol–water partition coefficient (Wildman–Crippen LogP) is 6.25. The Morgan fingerprint density at radius 1 is 1.23 bits per heavy atom. The Kier molecular flexibility index (Phi) is 7.10. The van der Waals surface area contributed by atoms with Gasteiger partial charge in [-0.05, 0) is 70.5 Å². The van der Waals surface area contributed by atoms with Crippen LogP contribution in [0.5, 0.6) is 0 Å². The number of nitro benzene ring substituents is 1. The molecule has 0 bridgehead atoms. The molecular weight excluding hydrogens is 562 g/mol. The Morgan fingerprint density at radius 2 is 2.00 bits per heavy atom. The summed E-state index contributed by atoms with van der Waals surface area (Å²) in [5.41, 5.74) is 1.81. The van der Waals surface area contributed by atoms with Crippen molar-refractivity contribution in [3.63, 3.8) is 0 Å². The molecule has 35 heavy (non-hydrogen) atoms. The molecular formula is C23H15BrClN3O6S. The number of carbonyl (C=O) groups is 3. The van der Waals surface area contributed by atoms with Gasteiger partial charge in [-0.2, -0.15) is 0 Å². The van der Waals surface area contributed by atoms with Crippen LogP contribution in [-0.2, 0) is 9.59 Å². The van der Waals surface area contributed by atoms with Gasteiger partial charge in [-0.25, -0.2) is 0 Å². The highest BCUT2D eigenvalue weighted by molar-refractivity contribution is 9.10. The van der Waals surface area contributed by atoms with E-state index in [0.717, 1.165) is 10.5 Å². The molecule has 1 fully saturated rings. The number of halogens is 2. The number of nitrogens with zero attached hydrogens (tertiary/aromatic N) is 2. The third-order valence-electron chi connectivity index (χ3n) is 4.96. The number of aryl methyl sites for hydroxylation is 1. The van der Waals surface area contributed by atoms with E-state index >= 15 is 0 Å². The van der Waals surface area contributed by atoms with Gasteiger partial charge >= 0.3 is 0 Å². The van der Waals surface area contributed by atoms with Gasteiger partial charge in [0.15, 0.2) is 0 Å². The maximum absolute atomic E-state index is 12.7. The van der Waals surface area contributed by atoms with Crippen molar-refractivity contribution in [2.24, 2.45) is 0 Å². The molecule has 1 aromatic heterocycles. The normalized spacial score (nSPS) is 14.6. The lowest BCUT2D eigenvalue weighted by Gasteiger charge is -2.12. The molecule has 3 amide bonds. The molecule has 0 aliphatic carbocycles. The second-order valence-electron chi connectivity index (χ2n) is 7.40. The molecule has 2 aromatic carbocycles. The van der Waals surface area contributed by atoms with Crippen molar-refractivity contribution in [3.05, 3.63) is 84.4 Å². The van der Waals surface area contributed by atoms with Crippen LogP contribution in [0.1, 0.15) is 11.3 Å². The van der Waals surface area contributed by atoms with Crippen LogP contribution in [0.15, 0.2) is 62.3 Å². The molecule has 3 aromatic rings. The van der Waals surface area contributed by atoms with Crippen LogP contribution in [0, 0.1) is 17.0 Å². The second kappa shape index (κ2) is 10.1. The number of hydrogen-bond acceptors (Lipinski definition) is 7. The second-order valence-corrected chi connectivity index (χ2v) is 9.66. The average Bonchev–Trinajstić information content (AvgIpc) is 3.36. The SMILES string of the molecule is Cc1ccc(NC(=O)CN2C(=O)S/C(=C/c3ccc(-c4ccc([N+](=O)[O-])cc4Br)o3)C2=O)cc1Cl. The van der Waals surface area contributed by atoms with E-state index in [1.807, 2.05) is 6.92 Å². The van der Waals surface area contributed by atoms with Crippen LogP contribution >= 0.6 is 39.3 Å². The third kappa shape index (κ3) is 5.47. The topological polar surface area (TPSA) is 123 Å². The van der Waals surface area contributed by atoms with Gasteiger partial charge in [0.2, 0.25) is 5.91 Å². The van der Waals surface area contributed by atoms with E-state index in [1.165, 1.54) is 18.2 Å². The van der Waals surface area contributed by atoms with Crippen molar-refractivity contribution in [2.45, 2.75) is 6.92 Å². The lowest BCUT2D eigenvalue weighted by Crippen LogP contribution is -2.36. The number of rotatable bonds is 6. The Bertz CT molecular complexity index is 1420. The molecule has 1 aliphatic rings. The lowest BCUT2D eigenvalue weighted by atomic mass is 10.1. The third-order valence-corrected chi connectivity index (χ3v) is 6.93. The maximum Gasteiger partial charge on any atom is 0.294 e. The van der Waals surface area contributed by atoms with E-state index < -0.39 is 28.5 Å². The lowest BCUT2D eigenvalue weighted by molar-refractivity contribution is -0.384. The number of nitro groups is 1. The van der Waals surface area contributed by atoms with E-state index in [-0.39, 0.29) is 10.6 Å². The summed E-state index contributed by atoms with van der Waals surface area (Å²) >= 11 is 10.0. The Labute approximate surface area is 216 Å². The molecule has 178 valence electrons. The smallest absolute Gasteiger partial charge is 0.294 e. The van der Waals surface area contributed by atoms with Gasteiger partial charge in [-0.1, -0.05) is 17.7 Å². The average molecular weight is 577 g/mol. The summed E-state index contributed by atoms with van der Waals surface area (Å²) < 4.78 is 6.22. The molecule has 9 nitrogen and oxygen atoms in total. The molecule has 0 spiro atoms. The molecule has 1 aliphatic heterocycles. The van der Waals surface area contributed by atoms with Crippen molar-refractivity contribution < 1.29 is 23.7 Å². The van der Waals surface area contributed by atoms with Crippen molar-refractivity contribution in [1.29, 1.82) is 0 Å². The summed E-state index contributed by atoms with van der Waals surface area (Å²) in [4.78, 5) is 48.9. The molecule has 0 radical (unpaired) electrons. The first-order chi connectivity index (χ1) is 16.6. The summed E-state index contributed by atoms with van der Waals surface area (Å²) in [6.45, 7) is 1.37. The van der Waals surface area contributed by atoms with Crippen LogP contribution in [-0.4, -0.2) is 33.4 Å². The molecule has 1 N–H and O–H groups in total. The van der Waals surface area contributed by atoms with Gasteiger partial charge < -0.3 is 9.73 Å². The van der Waals surface area contributed by atoms with Gasteiger partial charge in [0.1, 0.15) is 18.1 Å². The minimum atomic E-state index is -0.619. The minimum absolute atomic E-state index is 0.0735. The van der Waals surface area contributed by atoms with E-state index in [2.05, 4.69) is 21.2 Å². The van der Waals surface area contributed by atoms with Crippen LogP contribution in [0.25, 0.3) is 17.4 Å². The Morgan fingerprint density at radius 3 is 2.69 bits per heavy atom. The number of non-ortho nitro benzene ring substituents is 1. The molecule has 12 heteroatoms. The van der Waals surface area contributed by atoms with E-state index in [9.17, 15) is 24.5 Å². The first-order valence-corrected chi connectivity index (χ1v) is 12.0. The van der Waals surface area contributed by atoms with Crippen molar-refractivity contribution in [3.8, 4) is 11.3 Å². The number of benzene rings is 2. The number of amides is 3. The van der Waals surface area contributed by atoms with Crippen LogP contribution in [0.4, 0.5) is 16.2 Å². The molecule has 0 atom stereocenters. The zero-order valence-corrected chi connectivity index (χ0v) is 21.1. The standard InChI is InChI=1S/C23H15BrClN3O6S/c1-12-2-3-13(8-18(12)25)26-21(29)11-27-22(30)20(35-23(27)31)10-15-5-7-19(34-15)16-6-4-14(28(32)33)9-17(16)24/h2-10H,11H2,1H3,(H,26,29)/b20-10+. The highest BCUT2D eigenvalue weighted by Gasteiger charge is 2.36. The number of imide groups is 1. The first-order valence-electron chi connectivity index (χ1n) is 9.98. The van der Waals surface area contributed by atoms with Crippen molar-refractivity contribution in [1.82, 2.24) is 4.90 Å². The van der Waals surface area contributed by atoms with Crippen LogP contribution < -0.4 is 5.32 Å². The Balaban J connectivity index is 1.46. The monoisotopic (exact) mass is 575 g/mol. The van der Waals surface area contributed by atoms with E-state index in [1.54, 1.807) is 36.4 Å². The molecule has 0 unspecified atom stereocenters. The summed E-state index contributed by atoms with van der Waals surface area (Å²) in [6.07, 6.45) is 1.41. The molecule has 0 saturated carbocycles. The van der Waals surface area contributed by atoms with Crippen molar-refractivity contribution >= 4 is 73.8 Å². The summed E-state index contributed by atoms with van der Waals surface area (Å²) in [5.74, 6) is -0.453. The number of thioether (sulfide) groups is 1. The number of hydrogen-bond donors (Lipinski definition) is 1. The number of nitrogens with one attached hydrogen (secondary N) is 1. The predicted molar refractivity (Wildman–Crippen MR) is 136 cm³/mol. The zero-order valence-electron chi connectivity index (χ0n) is 17.9. The summed E-state index contributed by atoms with van der Waals surface area (Å²) in [6, 6.07) is 12.5. The highest BCUT2D eigenvalue weighted by atomic mass is 79.9. The van der Waals surface area contributed by atoms with E-state index in [0.29, 0.717) is 44.0 Å². The van der Waals surface area contributed by atoms with Gasteiger partial charge in [0.05, 0.1) is 9.83 Å². The fourth-order valence-electron chi connectivity index (χ4n) is 3.17. The van der Waals surface area contributed by atoms with Crippen LogP contribution in [0.3, 0.4) is 0 Å². The number of furan rings is 1. The molecule has 1 saturated heterocycles. The molecule has 2 heterocycles. The van der Waals surface area contributed by atoms with Crippen LogP contribution in [0.2, 0.25) is 5.02 Å². The fourth-order valence-corrected chi connectivity index (χ4v) is 4.73. The fraction of sp³-hybridized carbons (Fsp3) is 0.0870. The van der Waals surface area contributed by atoms with Gasteiger partial charge in [0.25, 0.3) is 16.8 Å². The number of anilines is 1. The minimum Gasteiger partial charge on any atom is -0.457 e. The summed E-state index contributed by atoms with van der Waals surface area (Å²) in [7, 11) is 0. The quantitative estimate of drug-likeness (QED) is 0.209. The molecule has 4 rings (SSSR count). The van der Waals surface area contributed by atoms with Gasteiger partial charge in [-0.15, -0.1) is 0 Å². The van der Waals surface area contributed by atoms with Gasteiger partial charge in [-0.3, -0.25) is 29.4 Å². The maximum atomic E-state index is 12.7. The first kappa shape index (κ1) is 24.7. The van der Waals surface area contributed by atoms with Gasteiger partial charge in [0, 0.05) is 39.0 Å². The largest absolute Gasteiger partial charge is 0.457 e. The zero-order chi connectivity index (χ0) is 25.3. The van der Waals surface area contributed by atoms with Crippen molar-refractivity contribution in [2.75, 3.05) is 11.9 Å². The Hall–Kier alpha value is -3.41. The summed E-state index contributed by atoms with van der Waals surface area (Å²) in [5, 5.41) is 13.4. The number of carbonyl (C=O) groups excluding carboxylic acids is 3. The van der Waals surface area contributed by atoms with E-state index in [4.69, 9.17) is 16.0 Å².